The highest BCUT2D eigenvalue weighted by atomic mass is 15.1. The van der Waals surface area contributed by atoms with Crippen molar-refractivity contribution in [2.24, 2.45) is 10.7 Å². The molecule has 1 aromatic heterocycles. The van der Waals surface area contributed by atoms with Gasteiger partial charge in [-0.1, -0.05) is 31.4 Å². The van der Waals surface area contributed by atoms with Crippen molar-refractivity contribution < 1.29 is 0 Å². The van der Waals surface area contributed by atoms with Gasteiger partial charge in [-0.25, -0.2) is 0 Å². The molecular weight excluding hydrogens is 272 g/mol. The van der Waals surface area contributed by atoms with E-state index >= 15 is 0 Å². The Morgan fingerprint density at radius 1 is 1.32 bits per heavy atom. The average molecular weight is 298 g/mol. The van der Waals surface area contributed by atoms with Gasteiger partial charge in [0.25, 0.3) is 0 Å². The van der Waals surface area contributed by atoms with Crippen molar-refractivity contribution in [1.82, 2.24) is 10.3 Å². The van der Waals surface area contributed by atoms with Gasteiger partial charge in [0, 0.05) is 29.7 Å². The van der Waals surface area contributed by atoms with Crippen LogP contribution in [0.15, 0.2) is 29.4 Å². The molecule has 1 saturated carbocycles. The number of rotatable bonds is 4. The molecule has 1 fully saturated rings. The van der Waals surface area contributed by atoms with Gasteiger partial charge >= 0.3 is 0 Å². The Bertz CT molecular complexity index is 650. The topological polar surface area (TPSA) is 66.2 Å². The van der Waals surface area contributed by atoms with E-state index in [1.807, 2.05) is 0 Å². The van der Waals surface area contributed by atoms with Crippen molar-refractivity contribution in [1.29, 1.82) is 0 Å². The Morgan fingerprint density at radius 3 is 2.95 bits per heavy atom. The number of nitrogens with zero attached hydrogens (tertiary/aromatic N) is 1. The maximum Gasteiger partial charge on any atom is 0.188 e. The van der Waals surface area contributed by atoms with E-state index in [9.17, 15) is 0 Å². The van der Waals surface area contributed by atoms with Gasteiger partial charge in [0.2, 0.25) is 0 Å². The molecule has 1 aliphatic rings. The van der Waals surface area contributed by atoms with Crippen LogP contribution in [0.3, 0.4) is 0 Å². The second-order valence-electron chi connectivity index (χ2n) is 6.36. The minimum absolute atomic E-state index is 0.522. The summed E-state index contributed by atoms with van der Waals surface area (Å²) in [5.41, 5.74) is 9.80. The monoisotopic (exact) mass is 298 g/mol. The molecule has 0 amide bonds. The fraction of sp³-hybridized carbons (Fsp3) is 0.500. The number of aryl methyl sites for hydroxylation is 1. The number of nitrogens with two attached hydrogens (primary N) is 1. The van der Waals surface area contributed by atoms with E-state index in [1.165, 1.54) is 54.1 Å². The number of aromatic amines is 1. The van der Waals surface area contributed by atoms with E-state index in [0.717, 1.165) is 13.0 Å². The van der Waals surface area contributed by atoms with Gasteiger partial charge < -0.3 is 16.0 Å². The Balaban J connectivity index is 1.55. The molecule has 3 rings (SSSR count). The second-order valence-corrected chi connectivity index (χ2v) is 6.36. The van der Waals surface area contributed by atoms with Crippen LogP contribution in [0.5, 0.6) is 0 Å². The van der Waals surface area contributed by atoms with Gasteiger partial charge in [-0.15, -0.1) is 0 Å². The van der Waals surface area contributed by atoms with Crippen LogP contribution in [0.4, 0.5) is 0 Å². The maximum atomic E-state index is 6.01. The van der Waals surface area contributed by atoms with Crippen molar-refractivity contribution >= 4 is 16.9 Å². The molecule has 1 aromatic carbocycles. The molecule has 4 heteroatoms. The van der Waals surface area contributed by atoms with Crippen molar-refractivity contribution in [2.45, 2.75) is 51.5 Å². The highest BCUT2D eigenvalue weighted by Gasteiger charge is 2.13. The van der Waals surface area contributed by atoms with Gasteiger partial charge in [-0.3, -0.25) is 4.99 Å². The molecule has 0 aliphatic heterocycles. The molecule has 118 valence electrons. The van der Waals surface area contributed by atoms with Crippen LogP contribution in [0.2, 0.25) is 0 Å². The predicted octanol–water partition coefficient (Wildman–Crippen LogP) is 3.26. The van der Waals surface area contributed by atoms with E-state index in [2.05, 4.69) is 46.6 Å². The molecule has 22 heavy (non-hydrogen) atoms. The summed E-state index contributed by atoms with van der Waals surface area (Å²) in [6.07, 6.45) is 9.41. The number of guanidine groups is 1. The molecule has 1 aliphatic carbocycles. The van der Waals surface area contributed by atoms with Crippen LogP contribution >= 0.6 is 0 Å². The number of hydrogen-bond acceptors (Lipinski definition) is 1. The molecule has 0 saturated heterocycles. The highest BCUT2D eigenvalue weighted by Crippen LogP contribution is 2.20. The number of aromatic nitrogens is 1. The molecule has 4 nitrogen and oxygen atoms in total. The highest BCUT2D eigenvalue weighted by molar-refractivity contribution is 5.84. The smallest absolute Gasteiger partial charge is 0.188 e. The quantitative estimate of drug-likeness (QED) is 0.599. The van der Waals surface area contributed by atoms with Gasteiger partial charge in [-0.05, 0) is 43.4 Å². The lowest BCUT2D eigenvalue weighted by Crippen LogP contribution is -2.41. The van der Waals surface area contributed by atoms with Crippen LogP contribution in [0, 0.1) is 6.92 Å². The zero-order valence-electron chi connectivity index (χ0n) is 13.4. The van der Waals surface area contributed by atoms with E-state index in [4.69, 9.17) is 5.73 Å². The first-order chi connectivity index (χ1) is 10.7. The van der Waals surface area contributed by atoms with Crippen molar-refractivity contribution in [3.05, 3.63) is 35.5 Å². The van der Waals surface area contributed by atoms with Crippen LogP contribution in [-0.4, -0.2) is 23.5 Å². The third kappa shape index (κ3) is 3.62. The van der Waals surface area contributed by atoms with E-state index in [1.54, 1.807) is 0 Å². The SMILES string of the molecule is Cc1ccc2c(CCN=C(N)NC3CCCCC3)c[nH]c2c1. The Kier molecular flexibility index (Phi) is 4.66. The number of benzene rings is 1. The van der Waals surface area contributed by atoms with E-state index in [0.29, 0.717) is 12.0 Å². The third-order valence-electron chi connectivity index (χ3n) is 4.54. The lowest BCUT2D eigenvalue weighted by molar-refractivity contribution is 0.412. The van der Waals surface area contributed by atoms with Crippen LogP contribution < -0.4 is 11.1 Å². The normalized spacial score (nSPS) is 17.0. The predicted molar refractivity (Wildman–Crippen MR) is 93.2 cm³/mol. The van der Waals surface area contributed by atoms with Gasteiger partial charge in [-0.2, -0.15) is 0 Å². The lowest BCUT2D eigenvalue weighted by Gasteiger charge is -2.23. The molecule has 0 spiro atoms. The van der Waals surface area contributed by atoms with E-state index in [-0.39, 0.29) is 0 Å². The zero-order valence-corrected chi connectivity index (χ0v) is 13.4. The maximum absolute atomic E-state index is 6.01. The zero-order chi connectivity index (χ0) is 15.4. The Hall–Kier alpha value is -1.97. The largest absolute Gasteiger partial charge is 0.370 e. The third-order valence-corrected chi connectivity index (χ3v) is 4.54. The second kappa shape index (κ2) is 6.86. The first kappa shape index (κ1) is 14.9. The lowest BCUT2D eigenvalue weighted by atomic mass is 9.96. The van der Waals surface area contributed by atoms with E-state index < -0.39 is 0 Å². The molecule has 2 aromatic rings. The Morgan fingerprint density at radius 2 is 2.14 bits per heavy atom. The molecule has 1 heterocycles. The summed E-state index contributed by atoms with van der Waals surface area (Å²) in [5.74, 6) is 0.600. The van der Waals surface area contributed by atoms with Crippen molar-refractivity contribution in [2.75, 3.05) is 6.54 Å². The first-order valence-corrected chi connectivity index (χ1v) is 8.35. The van der Waals surface area contributed by atoms with Crippen LogP contribution in [0.1, 0.15) is 43.2 Å². The summed E-state index contributed by atoms with van der Waals surface area (Å²) in [4.78, 5) is 7.82. The van der Waals surface area contributed by atoms with Crippen LogP contribution in [-0.2, 0) is 6.42 Å². The summed E-state index contributed by atoms with van der Waals surface area (Å²) in [7, 11) is 0. The number of hydrogen-bond donors (Lipinski definition) is 3. The van der Waals surface area contributed by atoms with Crippen molar-refractivity contribution in [3.63, 3.8) is 0 Å². The Labute approximate surface area is 132 Å². The summed E-state index contributed by atoms with van der Waals surface area (Å²) < 4.78 is 0. The summed E-state index contributed by atoms with van der Waals surface area (Å²) in [5, 5.41) is 4.65. The molecule has 0 unspecified atom stereocenters. The fourth-order valence-corrected chi connectivity index (χ4v) is 3.31. The average Bonchev–Trinajstić information content (AvgIpc) is 2.90. The summed E-state index contributed by atoms with van der Waals surface area (Å²) >= 11 is 0. The van der Waals surface area contributed by atoms with Gasteiger partial charge in [0.15, 0.2) is 5.96 Å². The number of fused-ring (bicyclic) bond motifs is 1. The standard InChI is InChI=1S/C18H26N4/c1-13-7-8-16-14(12-21-17(16)11-13)9-10-20-18(19)22-15-5-3-2-4-6-15/h7-8,11-12,15,21H,2-6,9-10H2,1H3,(H3,19,20,22). The molecule has 0 radical (unpaired) electrons. The molecule has 4 N–H and O–H groups in total. The number of H-pyrrole nitrogens is 1. The van der Waals surface area contributed by atoms with Crippen LogP contribution in [0.25, 0.3) is 10.9 Å². The minimum Gasteiger partial charge on any atom is -0.370 e. The minimum atomic E-state index is 0.522. The van der Waals surface area contributed by atoms with Gasteiger partial charge in [0.1, 0.15) is 0 Å². The molecule has 0 atom stereocenters. The number of nitrogens with one attached hydrogen (secondary N) is 2. The molecule has 0 bridgehead atoms. The summed E-state index contributed by atoms with van der Waals surface area (Å²) in [6.45, 7) is 2.84. The van der Waals surface area contributed by atoms with Crippen molar-refractivity contribution in [3.8, 4) is 0 Å². The molecular formula is C18H26N4. The number of aliphatic imine (C=N–C) groups is 1. The fourth-order valence-electron chi connectivity index (χ4n) is 3.31. The van der Waals surface area contributed by atoms with Gasteiger partial charge in [0.05, 0.1) is 0 Å². The first-order valence-electron chi connectivity index (χ1n) is 8.35. The summed E-state index contributed by atoms with van der Waals surface area (Å²) in [6, 6.07) is 7.04.